The third kappa shape index (κ3) is 3.93. The van der Waals surface area contributed by atoms with Gasteiger partial charge < -0.3 is 11.1 Å². The highest BCUT2D eigenvalue weighted by Gasteiger charge is 2.16. The quantitative estimate of drug-likeness (QED) is 0.669. The third-order valence-electron chi connectivity index (χ3n) is 2.31. The lowest BCUT2D eigenvalue weighted by Crippen LogP contribution is -2.22. The van der Waals surface area contributed by atoms with Gasteiger partial charge in [-0.05, 0) is 43.6 Å². The van der Waals surface area contributed by atoms with Crippen molar-refractivity contribution in [3.05, 3.63) is 30.1 Å². The highest BCUT2D eigenvalue weighted by atomic mass is 32.2. The van der Waals surface area contributed by atoms with Crippen molar-refractivity contribution in [3.63, 3.8) is 0 Å². The summed E-state index contributed by atoms with van der Waals surface area (Å²) < 4.78 is 4.88. The van der Waals surface area contributed by atoms with E-state index in [0.717, 1.165) is 10.2 Å². The molecular weight excluding hydrogens is 280 g/mol. The number of nitrogens with two attached hydrogens (primary N) is 1. The summed E-state index contributed by atoms with van der Waals surface area (Å²) in [7, 11) is 0. The lowest BCUT2D eigenvalue weighted by atomic mass is 10.3. The van der Waals surface area contributed by atoms with Crippen molar-refractivity contribution in [3.8, 4) is 0 Å². The van der Waals surface area contributed by atoms with Gasteiger partial charge in [0.15, 0.2) is 4.34 Å². The van der Waals surface area contributed by atoms with E-state index in [1.54, 1.807) is 24.3 Å². The number of nitrogens with one attached hydrogen (secondary N) is 1. The maximum Gasteiger partial charge on any atom is 0.237 e. The molecule has 7 heteroatoms. The van der Waals surface area contributed by atoms with Gasteiger partial charge in [-0.25, -0.2) is 4.98 Å². The van der Waals surface area contributed by atoms with E-state index in [1.165, 1.54) is 23.3 Å². The lowest BCUT2D eigenvalue weighted by molar-refractivity contribution is -0.115. The maximum atomic E-state index is 12.0. The van der Waals surface area contributed by atoms with Crippen molar-refractivity contribution in [1.29, 1.82) is 0 Å². The molecule has 0 fully saturated rings. The van der Waals surface area contributed by atoms with Crippen LogP contribution in [0.3, 0.4) is 0 Å². The summed E-state index contributed by atoms with van der Waals surface area (Å²) in [5.41, 5.74) is 6.99. The summed E-state index contributed by atoms with van der Waals surface area (Å²) in [4.78, 5) is 16.2. The number of nitrogen functional groups attached to an aromatic ring is 1. The van der Waals surface area contributed by atoms with Gasteiger partial charge in [0.2, 0.25) is 5.91 Å². The van der Waals surface area contributed by atoms with Gasteiger partial charge in [0.05, 0.1) is 5.25 Å². The summed E-state index contributed by atoms with van der Waals surface area (Å²) in [6, 6.07) is 7.11. The second kappa shape index (κ2) is 6.03. The van der Waals surface area contributed by atoms with Gasteiger partial charge in [-0.15, -0.1) is 0 Å². The number of nitrogens with zero attached hydrogens (tertiary/aromatic N) is 2. The Hall–Kier alpha value is -1.60. The molecule has 5 nitrogen and oxygen atoms in total. The first-order chi connectivity index (χ1) is 9.04. The highest BCUT2D eigenvalue weighted by molar-refractivity contribution is 8.02. The first-order valence-corrected chi connectivity index (χ1v) is 7.33. The minimum atomic E-state index is -0.242. The Bertz CT molecular complexity index is 585. The molecule has 2 rings (SSSR count). The van der Waals surface area contributed by atoms with Crippen molar-refractivity contribution in [1.82, 2.24) is 9.36 Å². The van der Waals surface area contributed by atoms with Crippen molar-refractivity contribution >= 4 is 40.6 Å². The van der Waals surface area contributed by atoms with E-state index in [1.807, 2.05) is 13.8 Å². The summed E-state index contributed by atoms with van der Waals surface area (Å²) in [6.07, 6.45) is 0. The molecule has 19 heavy (non-hydrogen) atoms. The number of hydrogen-bond donors (Lipinski definition) is 2. The van der Waals surface area contributed by atoms with Crippen molar-refractivity contribution < 1.29 is 4.79 Å². The van der Waals surface area contributed by atoms with Crippen LogP contribution in [0, 0.1) is 6.92 Å². The van der Waals surface area contributed by atoms with E-state index in [4.69, 9.17) is 5.73 Å². The molecule has 2 aromatic rings. The van der Waals surface area contributed by atoms with Crippen LogP contribution in [0.4, 0.5) is 11.4 Å². The summed E-state index contributed by atoms with van der Waals surface area (Å²) in [5.74, 6) is 0.652. The number of carbonyl (C=O) groups is 1. The summed E-state index contributed by atoms with van der Waals surface area (Å²) in [6.45, 7) is 3.67. The second-order valence-corrected chi connectivity index (χ2v) is 6.32. The SMILES string of the molecule is Cc1nsc(SC(C)C(=O)Nc2cccc(N)c2)n1. The molecule has 0 bridgehead atoms. The molecule has 0 aliphatic rings. The molecule has 1 heterocycles. The fraction of sp³-hybridized carbons (Fsp3) is 0.250. The van der Waals surface area contributed by atoms with Crippen LogP contribution >= 0.6 is 23.3 Å². The zero-order chi connectivity index (χ0) is 13.8. The largest absolute Gasteiger partial charge is 0.399 e. The predicted molar refractivity (Wildman–Crippen MR) is 79.4 cm³/mol. The van der Waals surface area contributed by atoms with Gasteiger partial charge in [-0.3, -0.25) is 4.79 Å². The van der Waals surface area contributed by atoms with Crippen LogP contribution in [0.5, 0.6) is 0 Å². The minimum absolute atomic E-state index is 0.0801. The van der Waals surface area contributed by atoms with Crippen LogP contribution in [0.15, 0.2) is 28.6 Å². The van der Waals surface area contributed by atoms with E-state index >= 15 is 0 Å². The number of aromatic nitrogens is 2. The maximum absolute atomic E-state index is 12.0. The molecule has 1 atom stereocenters. The molecule has 0 aliphatic carbocycles. The molecule has 1 unspecified atom stereocenters. The van der Waals surface area contributed by atoms with Gasteiger partial charge in [0.1, 0.15) is 5.82 Å². The fourth-order valence-electron chi connectivity index (χ4n) is 1.39. The fourth-order valence-corrected chi connectivity index (χ4v) is 3.19. The second-order valence-electron chi connectivity index (χ2n) is 3.98. The smallest absolute Gasteiger partial charge is 0.237 e. The molecule has 0 saturated carbocycles. The number of hydrogen-bond acceptors (Lipinski definition) is 6. The van der Waals surface area contributed by atoms with Crippen LogP contribution in [0.2, 0.25) is 0 Å². The Labute approximate surface area is 119 Å². The van der Waals surface area contributed by atoms with Gasteiger partial charge >= 0.3 is 0 Å². The van der Waals surface area contributed by atoms with Gasteiger partial charge in [-0.1, -0.05) is 17.8 Å². The molecule has 0 saturated heterocycles. The van der Waals surface area contributed by atoms with Crippen molar-refractivity contribution in [2.45, 2.75) is 23.4 Å². The molecule has 0 spiro atoms. The van der Waals surface area contributed by atoms with Crippen molar-refractivity contribution in [2.75, 3.05) is 11.1 Å². The Morgan fingerprint density at radius 3 is 2.95 bits per heavy atom. The number of rotatable bonds is 4. The number of thioether (sulfide) groups is 1. The van der Waals surface area contributed by atoms with E-state index < -0.39 is 0 Å². The van der Waals surface area contributed by atoms with E-state index in [-0.39, 0.29) is 11.2 Å². The van der Waals surface area contributed by atoms with Crippen LogP contribution in [-0.4, -0.2) is 20.5 Å². The topological polar surface area (TPSA) is 80.9 Å². The van der Waals surface area contributed by atoms with E-state index in [0.29, 0.717) is 11.4 Å². The predicted octanol–water partition coefficient (Wildman–Crippen LogP) is 2.55. The van der Waals surface area contributed by atoms with Crippen LogP contribution in [-0.2, 0) is 4.79 Å². The number of anilines is 2. The Kier molecular flexibility index (Phi) is 4.39. The monoisotopic (exact) mass is 294 g/mol. The standard InChI is InChI=1S/C12H14N4OS2/c1-7(18-12-14-8(2)16-19-12)11(17)15-10-5-3-4-9(13)6-10/h3-7H,13H2,1-2H3,(H,15,17). The lowest BCUT2D eigenvalue weighted by Gasteiger charge is -2.10. The molecular formula is C12H14N4OS2. The first-order valence-electron chi connectivity index (χ1n) is 5.68. The molecule has 1 aromatic carbocycles. The molecule has 0 aliphatic heterocycles. The highest BCUT2D eigenvalue weighted by Crippen LogP contribution is 2.25. The first kappa shape index (κ1) is 13.8. The molecule has 100 valence electrons. The average Bonchev–Trinajstić information content (AvgIpc) is 2.74. The number of aryl methyl sites for hydroxylation is 1. The molecule has 1 amide bonds. The zero-order valence-corrected chi connectivity index (χ0v) is 12.2. The molecule has 3 N–H and O–H groups in total. The Morgan fingerprint density at radius 1 is 1.53 bits per heavy atom. The number of benzene rings is 1. The summed E-state index contributed by atoms with van der Waals surface area (Å²) in [5, 5.41) is 2.58. The minimum Gasteiger partial charge on any atom is -0.399 e. The normalized spacial score (nSPS) is 12.1. The van der Waals surface area contributed by atoms with E-state index in [9.17, 15) is 4.79 Å². The van der Waals surface area contributed by atoms with E-state index in [2.05, 4.69) is 14.7 Å². The summed E-state index contributed by atoms with van der Waals surface area (Å²) >= 11 is 2.70. The van der Waals surface area contributed by atoms with Gasteiger partial charge in [-0.2, -0.15) is 4.37 Å². The Morgan fingerprint density at radius 2 is 2.32 bits per heavy atom. The van der Waals surface area contributed by atoms with Gasteiger partial charge in [0.25, 0.3) is 0 Å². The average molecular weight is 294 g/mol. The number of carbonyl (C=O) groups excluding carboxylic acids is 1. The van der Waals surface area contributed by atoms with Crippen molar-refractivity contribution in [2.24, 2.45) is 0 Å². The number of amides is 1. The third-order valence-corrected chi connectivity index (χ3v) is 4.29. The molecule has 1 aromatic heterocycles. The van der Waals surface area contributed by atoms with Crippen LogP contribution in [0.1, 0.15) is 12.7 Å². The molecule has 0 radical (unpaired) electrons. The van der Waals surface area contributed by atoms with Gasteiger partial charge in [0, 0.05) is 11.4 Å². The zero-order valence-electron chi connectivity index (χ0n) is 10.6. The Balaban J connectivity index is 1.96. The van der Waals surface area contributed by atoms with Crippen LogP contribution in [0.25, 0.3) is 0 Å². The van der Waals surface area contributed by atoms with Crippen LogP contribution < -0.4 is 11.1 Å².